The Hall–Kier alpha value is -1.96. The van der Waals surface area contributed by atoms with Gasteiger partial charge in [0.1, 0.15) is 0 Å². The van der Waals surface area contributed by atoms with Crippen LogP contribution in [0.15, 0.2) is 24.3 Å². The SMILES string of the molecule is CCC(=N)c1ccccc1NC(N)NC(=O)C1CCN(CCCOC)CC1. The van der Waals surface area contributed by atoms with Crippen LogP contribution < -0.4 is 16.4 Å². The molecule has 1 fully saturated rings. The molecule has 0 aromatic heterocycles. The van der Waals surface area contributed by atoms with E-state index in [0.717, 1.165) is 56.8 Å². The van der Waals surface area contributed by atoms with Gasteiger partial charge in [-0.15, -0.1) is 0 Å². The van der Waals surface area contributed by atoms with Gasteiger partial charge in [-0.05, 0) is 44.8 Å². The third kappa shape index (κ3) is 6.61. The van der Waals surface area contributed by atoms with E-state index in [4.69, 9.17) is 15.9 Å². The van der Waals surface area contributed by atoms with Gasteiger partial charge in [-0.3, -0.25) is 10.5 Å². The molecule has 1 heterocycles. The zero-order valence-electron chi connectivity index (χ0n) is 16.5. The summed E-state index contributed by atoms with van der Waals surface area (Å²) in [4.78, 5) is 14.9. The summed E-state index contributed by atoms with van der Waals surface area (Å²) in [5.74, 6) is -0.00435. The van der Waals surface area contributed by atoms with E-state index in [1.165, 1.54) is 0 Å². The second-order valence-corrected chi connectivity index (χ2v) is 6.97. The Balaban J connectivity index is 1.80. The number of nitrogens with zero attached hydrogens (tertiary/aromatic N) is 1. The molecule has 1 atom stereocenters. The van der Waals surface area contributed by atoms with Crippen molar-refractivity contribution < 1.29 is 9.53 Å². The Morgan fingerprint density at radius 3 is 2.74 bits per heavy atom. The summed E-state index contributed by atoms with van der Waals surface area (Å²) < 4.78 is 5.09. The van der Waals surface area contributed by atoms with Crippen molar-refractivity contribution in [3.05, 3.63) is 29.8 Å². The molecular weight excluding hydrogens is 342 g/mol. The molecule has 0 saturated carbocycles. The number of hydrogen-bond donors (Lipinski definition) is 4. The summed E-state index contributed by atoms with van der Waals surface area (Å²) in [7, 11) is 1.72. The normalized spacial score (nSPS) is 16.7. The van der Waals surface area contributed by atoms with Gasteiger partial charge >= 0.3 is 0 Å². The lowest BCUT2D eigenvalue weighted by molar-refractivity contribution is -0.127. The second-order valence-electron chi connectivity index (χ2n) is 6.97. The summed E-state index contributed by atoms with van der Waals surface area (Å²) in [5, 5.41) is 14.1. The predicted molar refractivity (Wildman–Crippen MR) is 109 cm³/mol. The minimum absolute atomic E-state index is 0.000657. The van der Waals surface area contributed by atoms with Gasteiger partial charge in [-0.2, -0.15) is 0 Å². The Bertz CT molecular complexity index is 614. The molecule has 1 unspecified atom stereocenters. The molecule has 1 aliphatic rings. The molecule has 0 spiro atoms. The van der Waals surface area contributed by atoms with Crippen LogP contribution in [0, 0.1) is 11.3 Å². The molecule has 1 aromatic rings. The topological polar surface area (TPSA) is 103 Å². The van der Waals surface area contributed by atoms with Gasteiger partial charge in [-0.1, -0.05) is 25.1 Å². The lowest BCUT2D eigenvalue weighted by Crippen LogP contribution is -2.51. The predicted octanol–water partition coefficient (Wildman–Crippen LogP) is 1.98. The van der Waals surface area contributed by atoms with Gasteiger partial charge in [0, 0.05) is 43.1 Å². The quantitative estimate of drug-likeness (QED) is 0.284. The number of para-hydroxylation sites is 1. The van der Waals surface area contributed by atoms with Crippen molar-refractivity contribution in [1.29, 1.82) is 5.41 Å². The number of piperidine rings is 1. The molecule has 1 aliphatic heterocycles. The van der Waals surface area contributed by atoms with Crippen molar-refractivity contribution in [3.8, 4) is 0 Å². The first-order valence-corrected chi connectivity index (χ1v) is 9.75. The van der Waals surface area contributed by atoms with Crippen LogP contribution in [-0.2, 0) is 9.53 Å². The maximum atomic E-state index is 12.5. The zero-order valence-corrected chi connectivity index (χ0v) is 16.5. The Morgan fingerprint density at radius 2 is 2.07 bits per heavy atom. The Labute approximate surface area is 162 Å². The summed E-state index contributed by atoms with van der Waals surface area (Å²) in [5.41, 5.74) is 8.22. The number of benzene rings is 1. The lowest BCUT2D eigenvalue weighted by Gasteiger charge is -2.32. The van der Waals surface area contributed by atoms with E-state index in [-0.39, 0.29) is 11.8 Å². The van der Waals surface area contributed by atoms with Gasteiger partial charge in [0.05, 0.1) is 0 Å². The monoisotopic (exact) mass is 375 g/mol. The number of hydrogen-bond acceptors (Lipinski definition) is 6. The average Bonchev–Trinajstić information content (AvgIpc) is 2.68. The number of nitrogens with one attached hydrogen (secondary N) is 3. The van der Waals surface area contributed by atoms with Crippen LogP contribution in [0.5, 0.6) is 0 Å². The molecular formula is C20H33N5O2. The van der Waals surface area contributed by atoms with Crippen molar-refractivity contribution in [2.75, 3.05) is 38.7 Å². The molecule has 0 radical (unpaired) electrons. The smallest absolute Gasteiger partial charge is 0.225 e. The van der Waals surface area contributed by atoms with Crippen LogP contribution >= 0.6 is 0 Å². The van der Waals surface area contributed by atoms with Gasteiger partial charge in [0.25, 0.3) is 0 Å². The number of carbonyl (C=O) groups excluding carboxylic acids is 1. The zero-order chi connectivity index (χ0) is 19.6. The molecule has 5 N–H and O–H groups in total. The van der Waals surface area contributed by atoms with Crippen LogP contribution in [0.2, 0.25) is 0 Å². The molecule has 0 bridgehead atoms. The third-order valence-electron chi connectivity index (χ3n) is 5.00. The van der Waals surface area contributed by atoms with Crippen LogP contribution in [0.25, 0.3) is 0 Å². The maximum absolute atomic E-state index is 12.5. The highest BCUT2D eigenvalue weighted by Crippen LogP contribution is 2.19. The first-order chi connectivity index (χ1) is 13.0. The molecule has 7 nitrogen and oxygen atoms in total. The first-order valence-electron chi connectivity index (χ1n) is 9.75. The number of rotatable bonds is 10. The Morgan fingerprint density at radius 1 is 1.37 bits per heavy atom. The van der Waals surface area contributed by atoms with Crippen molar-refractivity contribution in [2.24, 2.45) is 11.7 Å². The minimum atomic E-state index is -0.678. The highest BCUT2D eigenvalue weighted by atomic mass is 16.5. The van der Waals surface area contributed by atoms with Gasteiger partial charge < -0.3 is 25.7 Å². The Kier molecular flexibility index (Phi) is 8.71. The number of methoxy groups -OCH3 is 1. The van der Waals surface area contributed by atoms with Gasteiger partial charge in [0.15, 0.2) is 6.29 Å². The molecule has 1 amide bonds. The van der Waals surface area contributed by atoms with Crippen LogP contribution in [0.1, 0.15) is 38.2 Å². The van der Waals surface area contributed by atoms with Crippen molar-refractivity contribution in [2.45, 2.75) is 38.9 Å². The van der Waals surface area contributed by atoms with E-state index in [0.29, 0.717) is 12.1 Å². The van der Waals surface area contributed by atoms with E-state index in [2.05, 4.69) is 15.5 Å². The van der Waals surface area contributed by atoms with Gasteiger partial charge in [-0.25, -0.2) is 0 Å². The largest absolute Gasteiger partial charge is 0.385 e. The summed E-state index contributed by atoms with van der Waals surface area (Å²) in [6, 6.07) is 7.56. The highest BCUT2D eigenvalue weighted by Gasteiger charge is 2.25. The number of anilines is 1. The summed E-state index contributed by atoms with van der Waals surface area (Å²) in [6.45, 7) is 5.60. The standard InChI is InChI=1S/C20H33N5O2/c1-3-17(21)16-7-4-5-8-18(16)23-20(22)24-19(26)15-9-12-25(13-10-15)11-6-14-27-2/h4-5,7-8,15,20-21,23H,3,6,9-14,22H2,1-2H3,(H,24,26). The average molecular weight is 376 g/mol. The second kappa shape index (κ2) is 11.0. The van der Waals surface area contributed by atoms with E-state index in [9.17, 15) is 4.79 Å². The number of ether oxygens (including phenoxy) is 1. The maximum Gasteiger partial charge on any atom is 0.225 e. The number of amides is 1. The highest BCUT2D eigenvalue weighted by molar-refractivity contribution is 6.02. The van der Waals surface area contributed by atoms with Gasteiger partial charge in [0.2, 0.25) is 5.91 Å². The van der Waals surface area contributed by atoms with E-state index < -0.39 is 6.29 Å². The summed E-state index contributed by atoms with van der Waals surface area (Å²) >= 11 is 0. The fourth-order valence-electron chi connectivity index (χ4n) is 3.39. The molecule has 0 aliphatic carbocycles. The molecule has 7 heteroatoms. The minimum Gasteiger partial charge on any atom is -0.385 e. The lowest BCUT2D eigenvalue weighted by atomic mass is 9.96. The molecule has 2 rings (SSSR count). The number of nitrogens with two attached hydrogens (primary N) is 1. The third-order valence-corrected chi connectivity index (χ3v) is 5.00. The van der Waals surface area contributed by atoms with E-state index in [1.807, 2.05) is 31.2 Å². The first kappa shape index (κ1) is 21.3. The van der Waals surface area contributed by atoms with Crippen molar-refractivity contribution in [1.82, 2.24) is 10.2 Å². The van der Waals surface area contributed by atoms with Crippen molar-refractivity contribution in [3.63, 3.8) is 0 Å². The van der Waals surface area contributed by atoms with E-state index >= 15 is 0 Å². The molecule has 1 aromatic carbocycles. The van der Waals surface area contributed by atoms with Crippen LogP contribution in [0.4, 0.5) is 5.69 Å². The molecule has 1 saturated heterocycles. The number of likely N-dealkylation sites (tertiary alicyclic amines) is 1. The summed E-state index contributed by atoms with van der Waals surface area (Å²) in [6.07, 6.45) is 2.69. The molecule has 27 heavy (non-hydrogen) atoms. The van der Waals surface area contributed by atoms with E-state index in [1.54, 1.807) is 7.11 Å². The molecule has 150 valence electrons. The van der Waals surface area contributed by atoms with Crippen molar-refractivity contribution >= 4 is 17.3 Å². The fraction of sp³-hybridized carbons (Fsp3) is 0.600. The van der Waals surface area contributed by atoms with Crippen LogP contribution in [-0.4, -0.2) is 56.2 Å². The van der Waals surface area contributed by atoms with Crippen LogP contribution in [0.3, 0.4) is 0 Å². The fourth-order valence-corrected chi connectivity index (χ4v) is 3.39. The number of carbonyl (C=O) groups is 1.